The highest BCUT2D eigenvalue weighted by Crippen LogP contribution is 2.21. The minimum Gasteiger partial charge on any atom is -0.377 e. The quantitative estimate of drug-likeness (QED) is 0.492. The molecule has 1 unspecified atom stereocenters. The molecule has 1 atom stereocenters. The molecule has 2 N–H and O–H groups in total. The summed E-state index contributed by atoms with van der Waals surface area (Å²) in [5.74, 6) is 0. The molecule has 0 saturated carbocycles. The SMILES string of the molecule is CC(N)(C=O)CCc1ccc(CCCCOCc2ccccc2)s1. The molecular formula is C20H27NO2S. The Kier molecular flexibility index (Phi) is 7.63. The molecule has 0 radical (unpaired) electrons. The summed E-state index contributed by atoms with van der Waals surface area (Å²) >= 11 is 1.83. The number of aryl methyl sites for hydroxylation is 2. The van der Waals surface area contributed by atoms with E-state index < -0.39 is 5.54 Å². The zero-order valence-electron chi connectivity index (χ0n) is 14.4. The van der Waals surface area contributed by atoms with Gasteiger partial charge in [0.1, 0.15) is 6.29 Å². The summed E-state index contributed by atoms with van der Waals surface area (Å²) in [6, 6.07) is 14.6. The molecule has 2 aromatic rings. The zero-order chi connectivity index (χ0) is 17.3. The van der Waals surface area contributed by atoms with E-state index in [9.17, 15) is 4.79 Å². The minimum absolute atomic E-state index is 0.693. The van der Waals surface area contributed by atoms with Gasteiger partial charge in [-0.25, -0.2) is 0 Å². The summed E-state index contributed by atoms with van der Waals surface area (Å²) in [6.07, 6.45) is 5.72. The Morgan fingerprint density at radius 3 is 2.50 bits per heavy atom. The lowest BCUT2D eigenvalue weighted by molar-refractivity contribution is -0.111. The van der Waals surface area contributed by atoms with E-state index in [-0.39, 0.29) is 0 Å². The summed E-state index contributed by atoms with van der Waals surface area (Å²) in [5.41, 5.74) is 6.38. The first-order valence-corrected chi connectivity index (χ1v) is 9.35. The van der Waals surface area contributed by atoms with Crippen molar-refractivity contribution >= 4 is 17.6 Å². The monoisotopic (exact) mass is 345 g/mol. The number of nitrogens with two attached hydrogens (primary N) is 1. The van der Waals surface area contributed by atoms with E-state index in [2.05, 4.69) is 24.3 Å². The fourth-order valence-electron chi connectivity index (χ4n) is 2.41. The van der Waals surface area contributed by atoms with Gasteiger partial charge in [-0.2, -0.15) is 0 Å². The molecule has 0 aliphatic heterocycles. The van der Waals surface area contributed by atoms with E-state index in [1.54, 1.807) is 6.92 Å². The lowest BCUT2D eigenvalue weighted by Crippen LogP contribution is -2.38. The van der Waals surface area contributed by atoms with Crippen LogP contribution in [0.2, 0.25) is 0 Å². The molecule has 0 amide bonds. The van der Waals surface area contributed by atoms with Crippen molar-refractivity contribution in [2.45, 2.75) is 51.2 Å². The Morgan fingerprint density at radius 2 is 1.79 bits per heavy atom. The van der Waals surface area contributed by atoms with Gasteiger partial charge < -0.3 is 15.3 Å². The second-order valence-electron chi connectivity index (χ2n) is 6.49. The van der Waals surface area contributed by atoms with Crippen molar-refractivity contribution in [2.24, 2.45) is 5.73 Å². The standard InChI is InChI=1S/C20H27NO2S/c1-20(21,16-22)13-12-19-11-10-18(24-19)9-5-6-14-23-15-17-7-3-2-4-8-17/h2-4,7-8,10-11,16H,5-6,9,12-15,21H2,1H3. The molecule has 0 fully saturated rings. The van der Waals surface area contributed by atoms with Gasteiger partial charge in [0.2, 0.25) is 0 Å². The Balaban J connectivity index is 1.58. The number of carbonyl (C=O) groups excluding carboxylic acids is 1. The second kappa shape index (κ2) is 9.72. The Morgan fingerprint density at radius 1 is 1.08 bits per heavy atom. The number of rotatable bonds is 11. The molecule has 0 saturated heterocycles. The fraction of sp³-hybridized carbons (Fsp3) is 0.450. The van der Waals surface area contributed by atoms with E-state index in [0.29, 0.717) is 13.0 Å². The highest BCUT2D eigenvalue weighted by molar-refractivity contribution is 7.11. The van der Waals surface area contributed by atoms with Crippen LogP contribution in [0.4, 0.5) is 0 Å². The van der Waals surface area contributed by atoms with Gasteiger partial charge in [-0.3, -0.25) is 0 Å². The molecule has 1 heterocycles. The first kappa shape index (κ1) is 18.8. The third kappa shape index (κ3) is 6.95. The largest absolute Gasteiger partial charge is 0.377 e. The number of thiophene rings is 1. The van der Waals surface area contributed by atoms with E-state index in [0.717, 1.165) is 38.6 Å². The maximum absolute atomic E-state index is 10.8. The van der Waals surface area contributed by atoms with Gasteiger partial charge in [-0.1, -0.05) is 30.3 Å². The Bertz CT molecular complexity index is 607. The van der Waals surface area contributed by atoms with E-state index >= 15 is 0 Å². The fourth-order valence-corrected chi connectivity index (χ4v) is 3.47. The van der Waals surface area contributed by atoms with Crippen molar-refractivity contribution in [3.63, 3.8) is 0 Å². The number of benzene rings is 1. The molecule has 1 aromatic carbocycles. The van der Waals surface area contributed by atoms with Crippen LogP contribution < -0.4 is 5.73 Å². The third-order valence-electron chi connectivity index (χ3n) is 3.97. The van der Waals surface area contributed by atoms with Crippen molar-refractivity contribution in [1.29, 1.82) is 0 Å². The van der Waals surface area contributed by atoms with Crippen LogP contribution in [0, 0.1) is 0 Å². The average Bonchev–Trinajstić information content (AvgIpc) is 3.05. The van der Waals surface area contributed by atoms with Crippen LogP contribution in [-0.4, -0.2) is 18.4 Å². The van der Waals surface area contributed by atoms with Crippen molar-refractivity contribution in [2.75, 3.05) is 6.61 Å². The number of unbranched alkanes of at least 4 members (excludes halogenated alkanes) is 1. The lowest BCUT2D eigenvalue weighted by atomic mass is 9.99. The number of hydrogen-bond donors (Lipinski definition) is 1. The minimum atomic E-state index is -0.708. The van der Waals surface area contributed by atoms with Crippen molar-refractivity contribution in [3.8, 4) is 0 Å². The van der Waals surface area contributed by atoms with Crippen molar-refractivity contribution in [1.82, 2.24) is 0 Å². The van der Waals surface area contributed by atoms with Crippen LogP contribution in [0.25, 0.3) is 0 Å². The first-order chi connectivity index (χ1) is 11.6. The number of aldehydes is 1. The molecule has 4 heteroatoms. The van der Waals surface area contributed by atoms with Gasteiger partial charge in [0.15, 0.2) is 0 Å². The Hall–Kier alpha value is -1.49. The van der Waals surface area contributed by atoms with Crippen LogP contribution in [-0.2, 0) is 29.0 Å². The lowest BCUT2D eigenvalue weighted by Gasteiger charge is -2.15. The molecule has 130 valence electrons. The number of ether oxygens (including phenoxy) is 1. The first-order valence-electron chi connectivity index (χ1n) is 8.53. The van der Waals surface area contributed by atoms with Gasteiger partial charge in [0.05, 0.1) is 12.1 Å². The zero-order valence-corrected chi connectivity index (χ0v) is 15.2. The third-order valence-corrected chi connectivity index (χ3v) is 5.17. The van der Waals surface area contributed by atoms with Crippen molar-refractivity contribution < 1.29 is 9.53 Å². The summed E-state index contributed by atoms with van der Waals surface area (Å²) in [5, 5.41) is 0. The van der Waals surface area contributed by atoms with Gasteiger partial charge in [0, 0.05) is 16.4 Å². The molecule has 0 aliphatic carbocycles. The molecule has 1 aromatic heterocycles. The normalized spacial score (nSPS) is 13.6. The maximum Gasteiger partial charge on any atom is 0.139 e. The molecule has 24 heavy (non-hydrogen) atoms. The van der Waals surface area contributed by atoms with E-state index in [1.807, 2.05) is 29.5 Å². The maximum atomic E-state index is 10.8. The van der Waals surface area contributed by atoms with Crippen LogP contribution in [0.15, 0.2) is 42.5 Å². The van der Waals surface area contributed by atoms with Gasteiger partial charge in [0.25, 0.3) is 0 Å². The van der Waals surface area contributed by atoms with E-state index in [4.69, 9.17) is 10.5 Å². The van der Waals surface area contributed by atoms with Crippen LogP contribution in [0.1, 0.15) is 41.5 Å². The highest BCUT2D eigenvalue weighted by Gasteiger charge is 2.16. The topological polar surface area (TPSA) is 52.3 Å². The average molecular weight is 346 g/mol. The summed E-state index contributed by atoms with van der Waals surface area (Å²) in [7, 11) is 0. The molecule has 3 nitrogen and oxygen atoms in total. The van der Waals surface area contributed by atoms with E-state index in [1.165, 1.54) is 15.3 Å². The predicted molar refractivity (Wildman–Crippen MR) is 100 cm³/mol. The van der Waals surface area contributed by atoms with Gasteiger partial charge >= 0.3 is 0 Å². The molecule has 0 spiro atoms. The van der Waals surface area contributed by atoms with Crippen molar-refractivity contribution in [3.05, 3.63) is 57.8 Å². The number of hydrogen-bond acceptors (Lipinski definition) is 4. The summed E-state index contributed by atoms with van der Waals surface area (Å²) in [4.78, 5) is 13.5. The van der Waals surface area contributed by atoms with Crippen LogP contribution >= 0.6 is 11.3 Å². The Labute approximate surface area is 148 Å². The van der Waals surface area contributed by atoms with Crippen LogP contribution in [0.3, 0.4) is 0 Å². The van der Waals surface area contributed by atoms with Crippen LogP contribution in [0.5, 0.6) is 0 Å². The molecule has 0 bridgehead atoms. The predicted octanol–water partition coefficient (Wildman–Crippen LogP) is 4.14. The summed E-state index contributed by atoms with van der Waals surface area (Å²) in [6.45, 7) is 3.28. The highest BCUT2D eigenvalue weighted by atomic mass is 32.1. The number of carbonyl (C=O) groups is 1. The summed E-state index contributed by atoms with van der Waals surface area (Å²) < 4.78 is 5.71. The smallest absolute Gasteiger partial charge is 0.139 e. The van der Waals surface area contributed by atoms with Gasteiger partial charge in [-0.05, 0) is 56.7 Å². The molecule has 0 aliphatic rings. The van der Waals surface area contributed by atoms with Gasteiger partial charge in [-0.15, -0.1) is 11.3 Å². The second-order valence-corrected chi connectivity index (χ2v) is 7.74. The molecular weight excluding hydrogens is 318 g/mol. The molecule has 2 rings (SSSR count).